The van der Waals surface area contributed by atoms with E-state index in [-0.39, 0.29) is 5.41 Å². The van der Waals surface area contributed by atoms with Crippen LogP contribution in [0.15, 0.2) is 176 Å². The fourth-order valence-corrected chi connectivity index (χ4v) is 9.38. The van der Waals surface area contributed by atoms with E-state index in [1.807, 2.05) is 0 Å². The zero-order valence-electron chi connectivity index (χ0n) is 32.6. The van der Waals surface area contributed by atoms with E-state index >= 15 is 0 Å². The summed E-state index contributed by atoms with van der Waals surface area (Å²) < 4.78 is 2.25. The van der Waals surface area contributed by atoms with Gasteiger partial charge in [0.15, 0.2) is 0 Å². The lowest BCUT2D eigenvalue weighted by atomic mass is 9.82. The predicted octanol–water partition coefficient (Wildman–Crippen LogP) is 14.5. The van der Waals surface area contributed by atoms with Crippen molar-refractivity contribution in [2.45, 2.75) is 44.9 Å². The van der Waals surface area contributed by atoms with Gasteiger partial charge < -0.3 is 4.90 Å². The highest BCUT2D eigenvalue weighted by Crippen LogP contribution is 2.51. The average Bonchev–Trinajstić information content (AvgIpc) is 4.01. The first-order chi connectivity index (χ1) is 27.9. The van der Waals surface area contributed by atoms with E-state index in [1.54, 1.807) is 0 Å². The summed E-state index contributed by atoms with van der Waals surface area (Å²) in [6.07, 6.45) is 2.47. The Morgan fingerprint density at radius 1 is 0.526 bits per heavy atom. The molecule has 9 aromatic rings. The number of aryl methyl sites for hydroxylation is 1. The summed E-state index contributed by atoms with van der Waals surface area (Å²) in [4.78, 5) is 2.41. The molecule has 3 nitrogen and oxygen atoms in total. The van der Waals surface area contributed by atoms with Gasteiger partial charge >= 0.3 is 0 Å². The molecular formula is C54H43N3. The van der Waals surface area contributed by atoms with Crippen molar-refractivity contribution in [2.75, 3.05) is 4.90 Å². The summed E-state index contributed by atoms with van der Waals surface area (Å²) in [6, 6.07) is 64.6. The number of aromatic nitrogens is 2. The third kappa shape index (κ3) is 5.52. The fraction of sp³-hybridized carbons (Fsp3) is 0.130. The average molecular weight is 734 g/mol. The van der Waals surface area contributed by atoms with Gasteiger partial charge in [0, 0.05) is 50.6 Å². The first kappa shape index (κ1) is 33.6. The van der Waals surface area contributed by atoms with E-state index in [9.17, 15) is 0 Å². The minimum atomic E-state index is -0.102. The van der Waals surface area contributed by atoms with Gasteiger partial charge in [0.25, 0.3) is 0 Å². The van der Waals surface area contributed by atoms with Gasteiger partial charge in [0.05, 0.1) is 11.2 Å². The molecule has 0 atom stereocenters. The first-order valence-electron chi connectivity index (χ1n) is 20.2. The molecule has 0 unspecified atom stereocenters. The number of hydrogen-bond acceptors (Lipinski definition) is 2. The van der Waals surface area contributed by atoms with Crippen molar-refractivity contribution in [3.63, 3.8) is 0 Å². The second-order valence-electron chi connectivity index (χ2n) is 16.4. The molecule has 7 aromatic carbocycles. The van der Waals surface area contributed by atoms with E-state index in [1.165, 1.54) is 84.9 Å². The Balaban J connectivity index is 1.02. The number of fused-ring (bicyclic) bond motifs is 6. The second kappa shape index (κ2) is 12.9. The summed E-state index contributed by atoms with van der Waals surface area (Å²) in [6.45, 7) is 6.95. The Bertz CT molecular complexity index is 3000. The van der Waals surface area contributed by atoms with Crippen LogP contribution in [0.3, 0.4) is 0 Å². The summed E-state index contributed by atoms with van der Waals surface area (Å²) in [5.74, 6) is 0.586. The van der Waals surface area contributed by atoms with Crippen LogP contribution in [-0.2, 0) is 5.41 Å². The van der Waals surface area contributed by atoms with Crippen LogP contribution in [-0.4, -0.2) is 9.61 Å². The predicted molar refractivity (Wildman–Crippen MR) is 238 cm³/mol. The van der Waals surface area contributed by atoms with E-state index in [2.05, 4.69) is 206 Å². The van der Waals surface area contributed by atoms with E-state index in [0.717, 1.165) is 28.3 Å². The molecule has 0 amide bonds. The summed E-state index contributed by atoms with van der Waals surface area (Å²) >= 11 is 0. The van der Waals surface area contributed by atoms with Crippen LogP contribution in [0.4, 0.5) is 17.1 Å². The first-order valence-corrected chi connectivity index (χ1v) is 20.2. The third-order valence-electron chi connectivity index (χ3n) is 12.5. The highest BCUT2D eigenvalue weighted by molar-refractivity contribution is 6.00. The van der Waals surface area contributed by atoms with Gasteiger partial charge in [-0.2, -0.15) is 5.10 Å². The third-order valence-corrected chi connectivity index (χ3v) is 12.5. The van der Waals surface area contributed by atoms with Crippen molar-refractivity contribution < 1.29 is 0 Å². The summed E-state index contributed by atoms with van der Waals surface area (Å²) in [5.41, 5.74) is 19.4. The molecular weight excluding hydrogens is 691 g/mol. The highest BCUT2D eigenvalue weighted by atomic mass is 15.2. The molecule has 57 heavy (non-hydrogen) atoms. The monoisotopic (exact) mass is 733 g/mol. The van der Waals surface area contributed by atoms with Gasteiger partial charge in [-0.15, -0.1) is 0 Å². The van der Waals surface area contributed by atoms with Crippen molar-refractivity contribution >= 4 is 33.4 Å². The van der Waals surface area contributed by atoms with Gasteiger partial charge in [0.2, 0.25) is 0 Å². The summed E-state index contributed by atoms with van der Waals surface area (Å²) in [7, 11) is 0. The molecule has 0 saturated heterocycles. The minimum Gasteiger partial charge on any atom is -0.310 e. The molecule has 3 heteroatoms. The standard InChI is InChI=1S/C54H43N3/c1-35-52(55-57-51(38-23-24-38)33-41-15-7-8-20-46(41)53(35)57)42-18-11-16-39(31-42)40-17-12-19-44(32-40)56(43-27-25-37(26-28-43)36-13-5-4-6-14-36)45-29-30-48-47-21-9-10-22-49(47)54(2,3)50(48)34-45/h4-22,25-34,38H,23-24H2,1-3H3. The van der Waals surface area contributed by atoms with Crippen molar-refractivity contribution in [3.05, 3.63) is 198 Å². The van der Waals surface area contributed by atoms with Crippen molar-refractivity contribution in [1.29, 1.82) is 0 Å². The molecule has 1 saturated carbocycles. The van der Waals surface area contributed by atoms with Crippen LogP contribution in [0, 0.1) is 6.92 Å². The van der Waals surface area contributed by atoms with Crippen molar-refractivity contribution in [3.8, 4) is 44.6 Å². The van der Waals surface area contributed by atoms with E-state index < -0.39 is 0 Å². The topological polar surface area (TPSA) is 20.5 Å². The molecule has 2 aliphatic carbocycles. The molecule has 2 aromatic heterocycles. The Morgan fingerprint density at radius 2 is 1.16 bits per heavy atom. The van der Waals surface area contributed by atoms with Gasteiger partial charge in [-0.05, 0) is 118 Å². The Labute approximate surface area is 334 Å². The molecule has 0 radical (unpaired) electrons. The van der Waals surface area contributed by atoms with Crippen molar-refractivity contribution in [1.82, 2.24) is 9.61 Å². The van der Waals surface area contributed by atoms with Crippen LogP contribution < -0.4 is 4.90 Å². The van der Waals surface area contributed by atoms with Gasteiger partial charge in [-0.3, -0.25) is 0 Å². The van der Waals surface area contributed by atoms with Crippen LogP contribution >= 0.6 is 0 Å². The van der Waals surface area contributed by atoms with Crippen LogP contribution in [0.2, 0.25) is 0 Å². The Hall–Kier alpha value is -6.71. The van der Waals surface area contributed by atoms with Gasteiger partial charge in [-0.25, -0.2) is 4.52 Å². The Morgan fingerprint density at radius 3 is 1.98 bits per heavy atom. The van der Waals surface area contributed by atoms with Crippen LogP contribution in [0.5, 0.6) is 0 Å². The number of benzene rings is 7. The maximum atomic E-state index is 5.35. The number of nitrogens with zero attached hydrogens (tertiary/aromatic N) is 3. The highest BCUT2D eigenvalue weighted by Gasteiger charge is 2.36. The summed E-state index contributed by atoms with van der Waals surface area (Å²) in [5, 5.41) is 7.90. The van der Waals surface area contributed by atoms with E-state index in [4.69, 9.17) is 5.10 Å². The maximum absolute atomic E-state index is 5.35. The molecule has 0 aliphatic heterocycles. The van der Waals surface area contributed by atoms with Gasteiger partial charge in [-0.1, -0.05) is 141 Å². The Kier molecular flexibility index (Phi) is 7.62. The lowest BCUT2D eigenvalue weighted by molar-refractivity contribution is 0.660. The largest absolute Gasteiger partial charge is 0.310 e. The zero-order chi connectivity index (χ0) is 38.3. The number of hydrogen-bond donors (Lipinski definition) is 0. The molecule has 2 heterocycles. The molecule has 0 bridgehead atoms. The normalized spacial score (nSPS) is 14.2. The second-order valence-corrected chi connectivity index (χ2v) is 16.4. The van der Waals surface area contributed by atoms with Gasteiger partial charge in [0.1, 0.15) is 0 Å². The van der Waals surface area contributed by atoms with Crippen LogP contribution in [0.25, 0.3) is 60.9 Å². The lowest BCUT2D eigenvalue weighted by Crippen LogP contribution is -2.16. The molecule has 0 spiro atoms. The van der Waals surface area contributed by atoms with Crippen LogP contribution in [0.1, 0.15) is 55.0 Å². The molecule has 274 valence electrons. The SMILES string of the molecule is Cc1c(-c2cccc(-c3cccc(N(c4ccc(-c5ccccc5)cc4)c4ccc5c(c4)C(C)(C)c4ccccc4-5)c3)c2)nn2c(C3CC3)cc3ccccc3c12. The zero-order valence-corrected chi connectivity index (χ0v) is 32.6. The quantitative estimate of drug-likeness (QED) is 0.163. The minimum absolute atomic E-state index is 0.102. The maximum Gasteiger partial charge on any atom is 0.0963 e. The smallest absolute Gasteiger partial charge is 0.0963 e. The number of pyridine rings is 1. The lowest BCUT2D eigenvalue weighted by Gasteiger charge is -2.28. The number of anilines is 3. The molecule has 11 rings (SSSR count). The van der Waals surface area contributed by atoms with E-state index in [0.29, 0.717) is 5.92 Å². The molecule has 0 N–H and O–H groups in total. The van der Waals surface area contributed by atoms with Crippen molar-refractivity contribution in [2.24, 2.45) is 0 Å². The fourth-order valence-electron chi connectivity index (χ4n) is 9.38. The number of rotatable bonds is 7. The molecule has 1 fully saturated rings. The molecule has 2 aliphatic rings.